The number of hydrogen-bond donors (Lipinski definition) is 1. The van der Waals surface area contributed by atoms with Gasteiger partial charge in [-0.1, -0.05) is 74.8 Å². The fourth-order valence-electron chi connectivity index (χ4n) is 2.61. The van der Waals surface area contributed by atoms with Gasteiger partial charge in [-0.15, -0.1) is 11.6 Å². The zero-order valence-electron chi connectivity index (χ0n) is 15.4. The van der Waals surface area contributed by atoms with Crippen LogP contribution in [0.25, 0.3) is 5.69 Å². The number of amides is 1. The van der Waals surface area contributed by atoms with Crippen molar-refractivity contribution < 1.29 is 4.79 Å². The molecule has 0 bridgehead atoms. The minimum Gasteiger partial charge on any atom is -0.309 e. The Balaban J connectivity index is 1.98. The van der Waals surface area contributed by atoms with E-state index in [1.54, 1.807) is 10.7 Å². The van der Waals surface area contributed by atoms with Gasteiger partial charge in [0.2, 0.25) is 5.91 Å². The molecular formula is C21H21Cl2N3O. The van der Waals surface area contributed by atoms with Crippen molar-refractivity contribution in [2.45, 2.75) is 31.6 Å². The number of carbonyl (C=O) groups is 1. The van der Waals surface area contributed by atoms with Crippen molar-refractivity contribution >= 4 is 34.9 Å². The average molecular weight is 402 g/mol. The third-order valence-electron chi connectivity index (χ3n) is 4.13. The number of nitrogens with one attached hydrogen (secondary N) is 1. The zero-order chi connectivity index (χ0) is 19.6. The van der Waals surface area contributed by atoms with Crippen LogP contribution in [0, 0.1) is 0 Å². The molecule has 0 aliphatic heterocycles. The van der Waals surface area contributed by atoms with Crippen LogP contribution in [0.3, 0.4) is 0 Å². The number of halogens is 2. The SMILES string of the molecule is CC(C)(C)c1cc(NC(=O)[C@@H](Cl)c2ccccc2)n(-c2ccccc2Cl)n1. The molecule has 1 N–H and O–H groups in total. The van der Waals surface area contributed by atoms with Crippen LogP contribution in [0.2, 0.25) is 5.02 Å². The van der Waals surface area contributed by atoms with Gasteiger partial charge in [-0.05, 0) is 17.7 Å². The predicted octanol–water partition coefficient (Wildman–Crippen LogP) is 5.74. The fraction of sp³-hybridized carbons (Fsp3) is 0.238. The maximum Gasteiger partial charge on any atom is 0.248 e. The van der Waals surface area contributed by atoms with E-state index in [1.807, 2.05) is 54.6 Å². The summed E-state index contributed by atoms with van der Waals surface area (Å²) in [5.74, 6) is 0.205. The molecule has 0 saturated heterocycles. The molecule has 0 fully saturated rings. The average Bonchev–Trinajstić information content (AvgIpc) is 3.06. The van der Waals surface area contributed by atoms with Gasteiger partial charge in [-0.25, -0.2) is 4.68 Å². The molecule has 3 aromatic rings. The van der Waals surface area contributed by atoms with Gasteiger partial charge in [-0.2, -0.15) is 5.10 Å². The van der Waals surface area contributed by atoms with E-state index in [9.17, 15) is 4.79 Å². The molecule has 27 heavy (non-hydrogen) atoms. The molecule has 1 aromatic heterocycles. The van der Waals surface area contributed by atoms with Crippen LogP contribution in [-0.2, 0) is 10.2 Å². The second-order valence-electron chi connectivity index (χ2n) is 7.29. The van der Waals surface area contributed by atoms with Gasteiger partial charge in [0.1, 0.15) is 11.2 Å². The number of rotatable bonds is 4. The second kappa shape index (κ2) is 7.75. The molecule has 0 saturated carbocycles. The summed E-state index contributed by atoms with van der Waals surface area (Å²) < 4.78 is 1.65. The van der Waals surface area contributed by atoms with Crippen molar-refractivity contribution in [3.05, 3.63) is 76.9 Å². The zero-order valence-corrected chi connectivity index (χ0v) is 16.9. The summed E-state index contributed by atoms with van der Waals surface area (Å²) in [7, 11) is 0. The third-order valence-corrected chi connectivity index (χ3v) is 4.90. The highest BCUT2D eigenvalue weighted by molar-refractivity contribution is 6.33. The van der Waals surface area contributed by atoms with E-state index in [2.05, 4.69) is 31.2 Å². The minimum atomic E-state index is -0.807. The lowest BCUT2D eigenvalue weighted by Gasteiger charge is -2.14. The highest BCUT2D eigenvalue weighted by atomic mass is 35.5. The molecule has 0 spiro atoms. The van der Waals surface area contributed by atoms with E-state index in [4.69, 9.17) is 23.2 Å². The van der Waals surface area contributed by atoms with Crippen LogP contribution in [0.1, 0.15) is 37.4 Å². The Hall–Kier alpha value is -2.30. The van der Waals surface area contributed by atoms with Crippen molar-refractivity contribution in [3.63, 3.8) is 0 Å². The first kappa shape index (κ1) is 19.5. The third kappa shape index (κ3) is 4.34. The monoisotopic (exact) mass is 401 g/mol. The van der Waals surface area contributed by atoms with Gasteiger partial charge in [0, 0.05) is 11.5 Å². The fourth-order valence-corrected chi connectivity index (χ4v) is 3.02. The van der Waals surface area contributed by atoms with Crippen LogP contribution < -0.4 is 5.32 Å². The van der Waals surface area contributed by atoms with E-state index in [0.717, 1.165) is 11.3 Å². The van der Waals surface area contributed by atoms with Crippen LogP contribution in [0.5, 0.6) is 0 Å². The maximum atomic E-state index is 12.7. The number of alkyl halides is 1. The van der Waals surface area contributed by atoms with Crippen molar-refractivity contribution in [2.75, 3.05) is 5.32 Å². The van der Waals surface area contributed by atoms with E-state index >= 15 is 0 Å². The number of nitrogens with zero attached hydrogens (tertiary/aromatic N) is 2. The number of para-hydroxylation sites is 1. The summed E-state index contributed by atoms with van der Waals surface area (Å²) >= 11 is 12.7. The lowest BCUT2D eigenvalue weighted by Crippen LogP contribution is -2.19. The Morgan fingerprint density at radius 2 is 1.70 bits per heavy atom. The number of carbonyl (C=O) groups excluding carboxylic acids is 1. The molecule has 6 heteroatoms. The molecule has 3 rings (SSSR count). The molecular weight excluding hydrogens is 381 g/mol. The van der Waals surface area contributed by atoms with Gasteiger partial charge >= 0.3 is 0 Å². The first-order valence-electron chi connectivity index (χ1n) is 8.62. The number of hydrogen-bond acceptors (Lipinski definition) is 2. The predicted molar refractivity (Wildman–Crippen MR) is 111 cm³/mol. The van der Waals surface area contributed by atoms with Crippen LogP contribution in [0.4, 0.5) is 5.82 Å². The highest BCUT2D eigenvalue weighted by Gasteiger charge is 2.24. The molecule has 4 nitrogen and oxygen atoms in total. The molecule has 0 radical (unpaired) electrons. The quantitative estimate of drug-likeness (QED) is 0.566. The Bertz CT molecular complexity index is 946. The Morgan fingerprint density at radius 3 is 2.33 bits per heavy atom. The minimum absolute atomic E-state index is 0.189. The van der Waals surface area contributed by atoms with E-state index in [-0.39, 0.29) is 11.3 Å². The van der Waals surface area contributed by atoms with Crippen molar-refractivity contribution in [3.8, 4) is 5.69 Å². The van der Waals surface area contributed by atoms with Gasteiger partial charge in [-0.3, -0.25) is 4.79 Å². The van der Waals surface area contributed by atoms with Crippen molar-refractivity contribution in [1.29, 1.82) is 0 Å². The summed E-state index contributed by atoms with van der Waals surface area (Å²) in [6.45, 7) is 6.19. The van der Waals surface area contributed by atoms with Gasteiger partial charge in [0.15, 0.2) is 0 Å². The molecule has 0 aliphatic carbocycles. The Morgan fingerprint density at radius 1 is 1.07 bits per heavy atom. The first-order chi connectivity index (χ1) is 12.8. The Labute approximate surface area is 169 Å². The molecule has 0 unspecified atom stereocenters. The van der Waals surface area contributed by atoms with E-state index in [0.29, 0.717) is 16.5 Å². The normalized spacial score (nSPS) is 12.6. The maximum absolute atomic E-state index is 12.7. The highest BCUT2D eigenvalue weighted by Crippen LogP contribution is 2.30. The molecule has 0 aliphatic rings. The van der Waals surface area contributed by atoms with Crippen LogP contribution in [-0.4, -0.2) is 15.7 Å². The summed E-state index contributed by atoms with van der Waals surface area (Å²) in [5.41, 5.74) is 2.07. The molecule has 2 aromatic carbocycles. The Kier molecular flexibility index (Phi) is 5.59. The second-order valence-corrected chi connectivity index (χ2v) is 8.13. The number of anilines is 1. The standard InChI is InChI=1S/C21H21Cl2N3O/c1-21(2,3)17-13-18(26(25-17)16-12-8-7-11-15(16)22)24-20(27)19(23)14-9-5-4-6-10-14/h4-13,19H,1-3H3,(H,24,27)/t19-/m0/s1. The summed E-state index contributed by atoms with van der Waals surface area (Å²) in [6, 6.07) is 18.5. The van der Waals surface area contributed by atoms with Crippen LogP contribution >= 0.6 is 23.2 Å². The van der Waals surface area contributed by atoms with Gasteiger partial charge in [0.25, 0.3) is 0 Å². The lowest BCUT2D eigenvalue weighted by atomic mass is 9.92. The van der Waals surface area contributed by atoms with Crippen molar-refractivity contribution in [1.82, 2.24) is 9.78 Å². The lowest BCUT2D eigenvalue weighted by molar-refractivity contribution is -0.116. The van der Waals surface area contributed by atoms with Gasteiger partial charge < -0.3 is 5.32 Å². The molecule has 1 atom stereocenters. The summed E-state index contributed by atoms with van der Waals surface area (Å²) in [5, 5.41) is 7.31. The summed E-state index contributed by atoms with van der Waals surface area (Å²) in [6.07, 6.45) is 0. The largest absolute Gasteiger partial charge is 0.309 e. The van der Waals surface area contributed by atoms with E-state index < -0.39 is 5.38 Å². The van der Waals surface area contributed by atoms with Crippen molar-refractivity contribution in [2.24, 2.45) is 0 Å². The number of benzene rings is 2. The summed E-state index contributed by atoms with van der Waals surface area (Å²) in [4.78, 5) is 12.7. The van der Waals surface area contributed by atoms with Crippen LogP contribution in [0.15, 0.2) is 60.7 Å². The molecule has 1 amide bonds. The number of aromatic nitrogens is 2. The first-order valence-corrected chi connectivity index (χ1v) is 9.44. The smallest absolute Gasteiger partial charge is 0.248 e. The molecule has 1 heterocycles. The van der Waals surface area contributed by atoms with E-state index in [1.165, 1.54) is 0 Å². The topological polar surface area (TPSA) is 46.9 Å². The molecule has 140 valence electrons. The van der Waals surface area contributed by atoms with Gasteiger partial charge in [0.05, 0.1) is 16.4 Å².